The van der Waals surface area contributed by atoms with Crippen molar-refractivity contribution >= 4 is 27.3 Å². The molecule has 2 N–H and O–H groups in total. The molecule has 0 spiro atoms. The summed E-state index contributed by atoms with van der Waals surface area (Å²) in [7, 11) is -3.64. The minimum Gasteiger partial charge on any atom is -0.379 e. The standard InChI is InChI=1S/C20H22N4O4S/c1-15-2-7-18(29(26,27)24-8-10-28-11-9-24)12-19(15)23-20(25)14-22-17-5-3-16(13-21)4-6-17/h2-7,12,22H,8-11,14H2,1H3,(H,23,25). The van der Waals surface area contributed by atoms with Crippen molar-refractivity contribution in [2.24, 2.45) is 0 Å². The summed E-state index contributed by atoms with van der Waals surface area (Å²) in [5.74, 6) is -0.307. The molecule has 1 fully saturated rings. The smallest absolute Gasteiger partial charge is 0.243 e. The van der Waals surface area contributed by atoms with Gasteiger partial charge < -0.3 is 15.4 Å². The molecule has 0 aliphatic carbocycles. The van der Waals surface area contributed by atoms with E-state index in [4.69, 9.17) is 10.00 Å². The minimum absolute atomic E-state index is 0.00574. The second-order valence-electron chi connectivity index (χ2n) is 6.58. The van der Waals surface area contributed by atoms with Crippen LogP contribution < -0.4 is 10.6 Å². The van der Waals surface area contributed by atoms with Crippen LogP contribution in [0, 0.1) is 18.3 Å². The Morgan fingerprint density at radius 3 is 2.52 bits per heavy atom. The summed E-state index contributed by atoms with van der Waals surface area (Å²) in [5, 5.41) is 14.5. The van der Waals surface area contributed by atoms with Gasteiger partial charge in [-0.2, -0.15) is 9.57 Å². The minimum atomic E-state index is -3.64. The predicted molar refractivity (Wildman–Crippen MR) is 109 cm³/mol. The van der Waals surface area contributed by atoms with E-state index in [0.717, 1.165) is 5.56 Å². The Hall–Kier alpha value is -2.93. The molecular formula is C20H22N4O4S. The van der Waals surface area contributed by atoms with Gasteiger partial charge in [0.1, 0.15) is 0 Å². The first-order valence-corrected chi connectivity index (χ1v) is 10.6. The molecule has 2 aromatic rings. The van der Waals surface area contributed by atoms with Gasteiger partial charge in [-0.15, -0.1) is 0 Å². The molecule has 1 aliphatic rings. The van der Waals surface area contributed by atoms with Gasteiger partial charge in [0.25, 0.3) is 0 Å². The Kier molecular flexibility index (Phi) is 6.49. The van der Waals surface area contributed by atoms with Crippen molar-refractivity contribution in [2.75, 3.05) is 43.5 Å². The number of rotatable bonds is 6. The zero-order valence-electron chi connectivity index (χ0n) is 16.0. The summed E-state index contributed by atoms with van der Waals surface area (Å²) >= 11 is 0. The number of nitriles is 1. The zero-order chi connectivity index (χ0) is 20.9. The maximum absolute atomic E-state index is 12.8. The fraction of sp³-hybridized carbons (Fsp3) is 0.300. The molecule has 0 radical (unpaired) electrons. The zero-order valence-corrected chi connectivity index (χ0v) is 16.8. The van der Waals surface area contributed by atoms with Gasteiger partial charge in [0.15, 0.2) is 0 Å². The molecule has 1 amide bonds. The highest BCUT2D eigenvalue weighted by Crippen LogP contribution is 2.23. The van der Waals surface area contributed by atoms with E-state index in [1.807, 2.05) is 6.07 Å². The van der Waals surface area contributed by atoms with Crippen LogP contribution in [0.5, 0.6) is 0 Å². The van der Waals surface area contributed by atoms with E-state index in [1.165, 1.54) is 10.4 Å². The van der Waals surface area contributed by atoms with Crippen molar-refractivity contribution in [2.45, 2.75) is 11.8 Å². The maximum Gasteiger partial charge on any atom is 0.243 e. The second-order valence-corrected chi connectivity index (χ2v) is 8.52. The van der Waals surface area contributed by atoms with Crippen molar-refractivity contribution in [1.29, 1.82) is 5.26 Å². The number of anilines is 2. The molecule has 2 aromatic carbocycles. The molecule has 9 heteroatoms. The van der Waals surface area contributed by atoms with Crippen LogP contribution in [0.1, 0.15) is 11.1 Å². The summed E-state index contributed by atoms with van der Waals surface area (Å²) in [6.07, 6.45) is 0. The summed E-state index contributed by atoms with van der Waals surface area (Å²) in [5.41, 5.74) is 2.46. The van der Waals surface area contributed by atoms with E-state index in [9.17, 15) is 13.2 Å². The summed E-state index contributed by atoms with van der Waals surface area (Å²) in [6.45, 7) is 3.17. The number of morpholine rings is 1. The molecule has 0 saturated carbocycles. The fourth-order valence-corrected chi connectivity index (χ4v) is 4.31. The summed E-state index contributed by atoms with van der Waals surface area (Å²) in [6, 6.07) is 13.5. The van der Waals surface area contributed by atoms with Gasteiger partial charge in [0.2, 0.25) is 15.9 Å². The van der Waals surface area contributed by atoms with Gasteiger partial charge in [-0.1, -0.05) is 6.07 Å². The van der Waals surface area contributed by atoms with Crippen LogP contribution in [0.2, 0.25) is 0 Å². The first kappa shape index (κ1) is 20.8. The predicted octanol–water partition coefficient (Wildman–Crippen LogP) is 1.94. The normalized spacial score (nSPS) is 14.8. The number of sulfonamides is 1. The molecule has 0 atom stereocenters. The van der Waals surface area contributed by atoms with Crippen LogP contribution in [0.15, 0.2) is 47.4 Å². The highest BCUT2D eigenvalue weighted by atomic mass is 32.2. The average Bonchev–Trinajstić information content (AvgIpc) is 2.74. The maximum atomic E-state index is 12.8. The SMILES string of the molecule is Cc1ccc(S(=O)(=O)N2CCOCC2)cc1NC(=O)CNc1ccc(C#N)cc1. The molecule has 1 heterocycles. The molecule has 0 aromatic heterocycles. The van der Waals surface area contributed by atoms with E-state index < -0.39 is 10.0 Å². The molecule has 29 heavy (non-hydrogen) atoms. The average molecular weight is 414 g/mol. The van der Waals surface area contributed by atoms with Gasteiger partial charge in [0.05, 0.1) is 36.3 Å². The third kappa shape index (κ3) is 5.12. The number of amides is 1. The van der Waals surface area contributed by atoms with E-state index in [0.29, 0.717) is 43.2 Å². The summed E-state index contributed by atoms with van der Waals surface area (Å²) in [4.78, 5) is 12.5. The van der Waals surface area contributed by atoms with Crippen molar-refractivity contribution in [3.8, 4) is 6.07 Å². The van der Waals surface area contributed by atoms with Crippen LogP contribution in [0.3, 0.4) is 0 Å². The summed E-state index contributed by atoms with van der Waals surface area (Å²) < 4.78 is 32.2. The fourth-order valence-electron chi connectivity index (χ4n) is 2.87. The van der Waals surface area contributed by atoms with Gasteiger partial charge in [0, 0.05) is 24.5 Å². The number of ether oxygens (including phenoxy) is 1. The number of carbonyl (C=O) groups is 1. The van der Waals surface area contributed by atoms with Crippen molar-refractivity contribution in [1.82, 2.24) is 4.31 Å². The largest absolute Gasteiger partial charge is 0.379 e. The first-order valence-electron chi connectivity index (χ1n) is 9.12. The Labute approximate surface area is 170 Å². The monoisotopic (exact) mass is 414 g/mol. The second kappa shape index (κ2) is 9.05. The Morgan fingerprint density at radius 1 is 1.17 bits per heavy atom. The van der Waals surface area contributed by atoms with Crippen molar-refractivity contribution in [3.05, 3.63) is 53.6 Å². The van der Waals surface area contributed by atoms with Crippen LogP contribution in [-0.2, 0) is 19.6 Å². The van der Waals surface area contributed by atoms with Gasteiger partial charge in [-0.3, -0.25) is 4.79 Å². The number of hydrogen-bond donors (Lipinski definition) is 2. The number of nitrogens with zero attached hydrogens (tertiary/aromatic N) is 2. The number of hydrogen-bond acceptors (Lipinski definition) is 6. The van der Waals surface area contributed by atoms with Crippen LogP contribution in [0.4, 0.5) is 11.4 Å². The van der Waals surface area contributed by atoms with Crippen LogP contribution in [0.25, 0.3) is 0 Å². The quantitative estimate of drug-likeness (QED) is 0.747. The molecule has 1 aliphatic heterocycles. The van der Waals surface area contributed by atoms with Crippen molar-refractivity contribution < 1.29 is 17.9 Å². The lowest BCUT2D eigenvalue weighted by Gasteiger charge is -2.26. The third-order valence-corrected chi connectivity index (χ3v) is 6.45. The third-order valence-electron chi connectivity index (χ3n) is 4.56. The number of aryl methyl sites for hydroxylation is 1. The van der Waals surface area contributed by atoms with E-state index in [2.05, 4.69) is 10.6 Å². The van der Waals surface area contributed by atoms with Gasteiger partial charge in [-0.05, 0) is 48.9 Å². The lowest BCUT2D eigenvalue weighted by atomic mass is 10.2. The molecule has 3 rings (SSSR count). The van der Waals surface area contributed by atoms with Crippen molar-refractivity contribution in [3.63, 3.8) is 0 Å². The van der Waals surface area contributed by atoms with Crippen LogP contribution in [-0.4, -0.2) is 51.5 Å². The Balaban J connectivity index is 1.67. The van der Waals surface area contributed by atoms with Crippen LogP contribution >= 0.6 is 0 Å². The molecule has 1 saturated heterocycles. The lowest BCUT2D eigenvalue weighted by molar-refractivity contribution is -0.114. The molecule has 0 unspecified atom stereocenters. The van der Waals surface area contributed by atoms with Gasteiger partial charge in [-0.25, -0.2) is 8.42 Å². The van der Waals surface area contributed by atoms with E-state index in [-0.39, 0.29) is 17.3 Å². The highest BCUT2D eigenvalue weighted by Gasteiger charge is 2.26. The molecular weight excluding hydrogens is 392 g/mol. The van der Waals surface area contributed by atoms with E-state index >= 15 is 0 Å². The van der Waals surface area contributed by atoms with Gasteiger partial charge >= 0.3 is 0 Å². The highest BCUT2D eigenvalue weighted by molar-refractivity contribution is 7.89. The Morgan fingerprint density at radius 2 is 1.86 bits per heavy atom. The number of carbonyl (C=O) groups excluding carboxylic acids is 1. The molecule has 152 valence electrons. The number of benzene rings is 2. The first-order chi connectivity index (χ1) is 13.9. The lowest BCUT2D eigenvalue weighted by Crippen LogP contribution is -2.40. The topological polar surface area (TPSA) is 112 Å². The molecule has 0 bridgehead atoms. The number of nitrogens with one attached hydrogen (secondary N) is 2. The Bertz CT molecular complexity index is 1020. The van der Waals surface area contributed by atoms with E-state index in [1.54, 1.807) is 43.3 Å². The molecule has 8 nitrogen and oxygen atoms in total.